The summed E-state index contributed by atoms with van der Waals surface area (Å²) in [4.78, 5) is 11.5. The highest BCUT2D eigenvalue weighted by Gasteiger charge is 2.20. The predicted octanol–water partition coefficient (Wildman–Crippen LogP) is 1.96. The number of nitrogens with one attached hydrogen (secondary N) is 1. The van der Waals surface area contributed by atoms with Gasteiger partial charge in [0, 0.05) is 6.54 Å². The lowest BCUT2D eigenvalue weighted by Gasteiger charge is -2.22. The molecule has 0 radical (unpaired) electrons. The van der Waals surface area contributed by atoms with Crippen molar-refractivity contribution in [3.63, 3.8) is 0 Å². The number of rotatable bonds is 5. The van der Waals surface area contributed by atoms with Crippen molar-refractivity contribution in [3.05, 3.63) is 0 Å². The second-order valence-electron chi connectivity index (χ2n) is 4.64. The van der Waals surface area contributed by atoms with Crippen molar-refractivity contribution in [2.24, 2.45) is 5.92 Å². The molecule has 0 saturated heterocycles. The lowest BCUT2D eigenvalue weighted by molar-refractivity contribution is -0.159. The number of hydrogen-bond donors (Lipinski definition) is 1. The van der Waals surface area contributed by atoms with Crippen molar-refractivity contribution in [2.45, 2.75) is 46.6 Å². The van der Waals surface area contributed by atoms with E-state index >= 15 is 0 Å². The van der Waals surface area contributed by atoms with E-state index in [1.807, 2.05) is 27.7 Å². The maximum atomic E-state index is 11.5. The lowest BCUT2D eigenvalue weighted by atomic mass is 10.1. The van der Waals surface area contributed by atoms with Crippen LogP contribution >= 0.6 is 0 Å². The van der Waals surface area contributed by atoms with Crippen molar-refractivity contribution in [2.75, 3.05) is 13.1 Å². The highest BCUT2D eigenvalue weighted by Crippen LogP contribution is 2.10. The number of esters is 1. The van der Waals surface area contributed by atoms with Crippen LogP contribution in [0, 0.1) is 5.92 Å². The maximum absolute atomic E-state index is 11.5. The molecule has 0 saturated carbocycles. The number of carbonyl (C=O) groups excluding carboxylic acids is 1. The standard InChI is InChI=1S/C11H23NO2/c1-6-7-12-8-9(2)10(13)14-11(3,4)5/h9,12H,6-8H2,1-5H3/t9-/m1/s1. The normalized spacial score (nSPS) is 13.8. The minimum absolute atomic E-state index is 0.0687. The van der Waals surface area contributed by atoms with Crippen molar-refractivity contribution >= 4 is 5.97 Å². The number of ether oxygens (including phenoxy) is 1. The fraction of sp³-hybridized carbons (Fsp3) is 0.909. The minimum atomic E-state index is -0.379. The molecular weight excluding hydrogens is 178 g/mol. The second-order valence-corrected chi connectivity index (χ2v) is 4.64. The highest BCUT2D eigenvalue weighted by molar-refractivity contribution is 5.72. The number of hydrogen-bond acceptors (Lipinski definition) is 3. The molecule has 0 rings (SSSR count). The van der Waals surface area contributed by atoms with Gasteiger partial charge in [-0.3, -0.25) is 4.79 Å². The van der Waals surface area contributed by atoms with Gasteiger partial charge in [-0.25, -0.2) is 0 Å². The van der Waals surface area contributed by atoms with Crippen LogP contribution < -0.4 is 5.32 Å². The van der Waals surface area contributed by atoms with Gasteiger partial charge in [-0.1, -0.05) is 13.8 Å². The van der Waals surface area contributed by atoms with Gasteiger partial charge >= 0.3 is 5.97 Å². The largest absolute Gasteiger partial charge is 0.460 e. The third-order valence-corrected chi connectivity index (χ3v) is 1.69. The van der Waals surface area contributed by atoms with Crippen molar-refractivity contribution in [1.29, 1.82) is 0 Å². The zero-order valence-electron chi connectivity index (χ0n) is 10.0. The Bertz CT molecular complexity index is 173. The zero-order chi connectivity index (χ0) is 11.2. The lowest BCUT2D eigenvalue weighted by Crippen LogP contribution is -2.33. The average Bonchev–Trinajstić information content (AvgIpc) is 2.01. The Hall–Kier alpha value is -0.570. The molecule has 1 atom stereocenters. The summed E-state index contributed by atoms with van der Waals surface area (Å²) >= 11 is 0. The molecule has 0 bridgehead atoms. The molecule has 0 spiro atoms. The first kappa shape index (κ1) is 13.4. The van der Waals surface area contributed by atoms with Crippen LogP contribution in [-0.2, 0) is 9.53 Å². The van der Waals surface area contributed by atoms with Gasteiger partial charge in [-0.15, -0.1) is 0 Å². The van der Waals surface area contributed by atoms with Crippen LogP contribution in [0.25, 0.3) is 0 Å². The molecule has 0 fully saturated rings. The molecule has 0 amide bonds. The Morgan fingerprint density at radius 3 is 2.43 bits per heavy atom. The fourth-order valence-electron chi connectivity index (χ4n) is 0.981. The first-order valence-corrected chi connectivity index (χ1v) is 5.30. The molecule has 0 aliphatic carbocycles. The topological polar surface area (TPSA) is 38.3 Å². The van der Waals surface area contributed by atoms with Crippen LogP contribution in [0.5, 0.6) is 0 Å². The van der Waals surface area contributed by atoms with E-state index in [9.17, 15) is 4.79 Å². The van der Waals surface area contributed by atoms with Crippen molar-refractivity contribution in [1.82, 2.24) is 5.32 Å². The SMILES string of the molecule is CCCNC[C@@H](C)C(=O)OC(C)(C)C. The fourth-order valence-corrected chi connectivity index (χ4v) is 0.981. The van der Waals surface area contributed by atoms with Gasteiger partial charge in [0.05, 0.1) is 5.92 Å². The zero-order valence-corrected chi connectivity index (χ0v) is 10.0. The second kappa shape index (κ2) is 6.02. The van der Waals surface area contributed by atoms with E-state index in [-0.39, 0.29) is 17.5 Å². The molecule has 0 heterocycles. The monoisotopic (exact) mass is 201 g/mol. The van der Waals surface area contributed by atoms with Gasteiger partial charge in [-0.2, -0.15) is 0 Å². The Morgan fingerprint density at radius 2 is 2.00 bits per heavy atom. The Kier molecular flexibility index (Phi) is 5.77. The molecule has 0 aromatic rings. The van der Waals surface area contributed by atoms with Gasteiger partial charge in [0.15, 0.2) is 0 Å². The van der Waals surface area contributed by atoms with Gasteiger partial charge in [-0.05, 0) is 33.7 Å². The third-order valence-electron chi connectivity index (χ3n) is 1.69. The van der Waals surface area contributed by atoms with E-state index in [0.717, 1.165) is 13.0 Å². The van der Waals surface area contributed by atoms with E-state index in [0.29, 0.717) is 6.54 Å². The van der Waals surface area contributed by atoms with Crippen LogP contribution in [0.2, 0.25) is 0 Å². The molecule has 0 aliphatic rings. The van der Waals surface area contributed by atoms with E-state index in [2.05, 4.69) is 12.2 Å². The summed E-state index contributed by atoms with van der Waals surface area (Å²) in [6.07, 6.45) is 1.08. The molecule has 0 unspecified atom stereocenters. The highest BCUT2D eigenvalue weighted by atomic mass is 16.6. The molecule has 3 heteroatoms. The summed E-state index contributed by atoms with van der Waals surface area (Å²) in [5, 5.41) is 3.20. The Labute approximate surface area is 87.2 Å². The van der Waals surface area contributed by atoms with Crippen LogP contribution in [0.3, 0.4) is 0 Å². The maximum Gasteiger partial charge on any atom is 0.310 e. The predicted molar refractivity (Wildman–Crippen MR) is 58.2 cm³/mol. The summed E-state index contributed by atoms with van der Waals surface area (Å²) in [5.74, 6) is -0.193. The van der Waals surface area contributed by atoms with E-state index in [4.69, 9.17) is 4.74 Å². The molecule has 1 N–H and O–H groups in total. The van der Waals surface area contributed by atoms with Crippen LogP contribution in [-0.4, -0.2) is 24.7 Å². The van der Waals surface area contributed by atoms with Crippen molar-refractivity contribution < 1.29 is 9.53 Å². The minimum Gasteiger partial charge on any atom is -0.460 e. The smallest absolute Gasteiger partial charge is 0.310 e. The summed E-state index contributed by atoms with van der Waals surface area (Å²) in [6, 6.07) is 0. The summed E-state index contributed by atoms with van der Waals surface area (Å²) in [6.45, 7) is 11.3. The van der Waals surface area contributed by atoms with Crippen LogP contribution in [0.15, 0.2) is 0 Å². The van der Waals surface area contributed by atoms with E-state index < -0.39 is 0 Å². The molecular formula is C11H23NO2. The average molecular weight is 201 g/mol. The molecule has 0 aromatic heterocycles. The van der Waals surface area contributed by atoms with Crippen molar-refractivity contribution in [3.8, 4) is 0 Å². The van der Waals surface area contributed by atoms with Gasteiger partial charge in [0.2, 0.25) is 0 Å². The third kappa shape index (κ3) is 6.89. The van der Waals surface area contributed by atoms with Gasteiger partial charge < -0.3 is 10.1 Å². The van der Waals surface area contributed by atoms with E-state index in [1.54, 1.807) is 0 Å². The van der Waals surface area contributed by atoms with Crippen LogP contribution in [0.4, 0.5) is 0 Å². The molecule has 14 heavy (non-hydrogen) atoms. The summed E-state index contributed by atoms with van der Waals surface area (Å²) < 4.78 is 5.25. The molecule has 0 aliphatic heterocycles. The summed E-state index contributed by atoms with van der Waals surface area (Å²) in [7, 11) is 0. The Morgan fingerprint density at radius 1 is 1.43 bits per heavy atom. The number of carbonyl (C=O) groups is 1. The summed E-state index contributed by atoms with van der Waals surface area (Å²) in [5.41, 5.74) is -0.379. The molecule has 3 nitrogen and oxygen atoms in total. The van der Waals surface area contributed by atoms with Gasteiger partial charge in [0.25, 0.3) is 0 Å². The van der Waals surface area contributed by atoms with E-state index in [1.165, 1.54) is 0 Å². The first-order valence-electron chi connectivity index (χ1n) is 5.30. The van der Waals surface area contributed by atoms with Crippen LogP contribution in [0.1, 0.15) is 41.0 Å². The molecule has 0 aromatic carbocycles. The molecule has 84 valence electrons. The van der Waals surface area contributed by atoms with Gasteiger partial charge in [0.1, 0.15) is 5.60 Å². The first-order chi connectivity index (χ1) is 6.37. The quantitative estimate of drug-likeness (QED) is 0.546. The Balaban J connectivity index is 3.77.